The zero-order valence-corrected chi connectivity index (χ0v) is 11.9. The van der Waals surface area contributed by atoms with E-state index in [1.165, 1.54) is 11.3 Å². The molecule has 0 aromatic carbocycles. The van der Waals surface area contributed by atoms with Crippen LogP contribution in [0.15, 0.2) is 12.1 Å². The zero-order chi connectivity index (χ0) is 12.0. The number of nitrogens with zero attached hydrogens (tertiary/aromatic N) is 1. The van der Waals surface area contributed by atoms with Gasteiger partial charge in [-0.05, 0) is 24.3 Å². The number of thioether (sulfide) groups is 1. The van der Waals surface area contributed by atoms with E-state index in [4.69, 9.17) is 11.6 Å². The molecule has 0 atom stereocenters. The van der Waals surface area contributed by atoms with Crippen LogP contribution in [0, 0.1) is 0 Å². The number of amides is 1. The van der Waals surface area contributed by atoms with Crippen LogP contribution in [0.1, 0.15) is 18.2 Å². The molecule has 0 saturated carbocycles. The molecule has 1 aromatic rings. The minimum absolute atomic E-state index is 0.183. The molecule has 0 aliphatic heterocycles. The number of hydrogen-bond donors (Lipinski definition) is 0. The number of hydrogen-bond acceptors (Lipinski definition) is 3. The third-order valence-electron chi connectivity index (χ3n) is 2.02. The molecule has 90 valence electrons. The predicted molar refractivity (Wildman–Crippen MR) is 73.4 cm³/mol. The van der Waals surface area contributed by atoms with Gasteiger partial charge in [0.25, 0.3) is 0 Å². The Morgan fingerprint density at radius 3 is 2.88 bits per heavy atom. The van der Waals surface area contributed by atoms with E-state index in [0.29, 0.717) is 12.3 Å². The lowest BCUT2D eigenvalue weighted by Crippen LogP contribution is -2.27. The highest BCUT2D eigenvalue weighted by Gasteiger charge is 2.10. The molecule has 5 heteroatoms. The van der Waals surface area contributed by atoms with E-state index in [-0.39, 0.29) is 5.91 Å². The van der Waals surface area contributed by atoms with Crippen molar-refractivity contribution in [3.63, 3.8) is 0 Å². The van der Waals surface area contributed by atoms with Gasteiger partial charge in [-0.15, -0.1) is 11.3 Å². The molecule has 0 unspecified atom stereocenters. The Balaban J connectivity index is 2.34. The second-order valence-electron chi connectivity index (χ2n) is 3.51. The summed E-state index contributed by atoms with van der Waals surface area (Å²) in [4.78, 5) is 14.6. The fraction of sp³-hybridized carbons (Fsp3) is 0.545. The first kappa shape index (κ1) is 13.9. The Labute approximate surface area is 110 Å². The van der Waals surface area contributed by atoms with E-state index in [0.717, 1.165) is 21.4 Å². The van der Waals surface area contributed by atoms with Crippen molar-refractivity contribution in [2.24, 2.45) is 0 Å². The van der Waals surface area contributed by atoms with Crippen LogP contribution in [0.4, 0.5) is 0 Å². The fourth-order valence-corrected chi connectivity index (χ4v) is 3.14. The molecule has 0 aliphatic carbocycles. The van der Waals surface area contributed by atoms with Gasteiger partial charge >= 0.3 is 0 Å². The summed E-state index contributed by atoms with van der Waals surface area (Å²) in [6, 6.07) is 3.83. The summed E-state index contributed by atoms with van der Waals surface area (Å²) in [5, 5.41) is 0. The first-order valence-electron chi connectivity index (χ1n) is 5.19. The van der Waals surface area contributed by atoms with E-state index in [1.54, 1.807) is 16.7 Å². The molecular weight excluding hydrogens is 262 g/mol. The van der Waals surface area contributed by atoms with Crippen LogP contribution in [0.25, 0.3) is 0 Å². The second kappa shape index (κ2) is 7.20. The monoisotopic (exact) mass is 277 g/mol. The highest BCUT2D eigenvalue weighted by Crippen LogP contribution is 2.22. The van der Waals surface area contributed by atoms with Crippen molar-refractivity contribution in [2.75, 3.05) is 18.6 Å². The summed E-state index contributed by atoms with van der Waals surface area (Å²) in [5.41, 5.74) is 0. The van der Waals surface area contributed by atoms with Crippen LogP contribution in [0.3, 0.4) is 0 Å². The molecule has 0 aliphatic rings. The van der Waals surface area contributed by atoms with Gasteiger partial charge in [0.15, 0.2) is 0 Å². The fourth-order valence-electron chi connectivity index (χ4n) is 1.17. The normalized spacial score (nSPS) is 10.4. The predicted octanol–water partition coefficient (Wildman–Crippen LogP) is 3.50. The highest BCUT2D eigenvalue weighted by molar-refractivity contribution is 7.99. The topological polar surface area (TPSA) is 20.3 Å². The van der Waals surface area contributed by atoms with Gasteiger partial charge in [0.05, 0.1) is 16.6 Å². The third kappa shape index (κ3) is 4.76. The van der Waals surface area contributed by atoms with Crippen LogP contribution in [0.2, 0.25) is 4.34 Å². The molecule has 16 heavy (non-hydrogen) atoms. The molecule has 0 bridgehead atoms. The molecule has 1 heterocycles. The minimum atomic E-state index is 0.183. The Kier molecular flexibility index (Phi) is 6.24. The van der Waals surface area contributed by atoms with Crippen molar-refractivity contribution in [1.82, 2.24) is 4.90 Å². The van der Waals surface area contributed by atoms with Gasteiger partial charge in [-0.25, -0.2) is 0 Å². The lowest BCUT2D eigenvalue weighted by molar-refractivity contribution is -0.127. The van der Waals surface area contributed by atoms with Gasteiger partial charge in [0.2, 0.25) is 5.91 Å². The molecule has 1 rings (SSSR count). The van der Waals surface area contributed by atoms with E-state index in [1.807, 2.05) is 19.2 Å². The molecule has 0 saturated heterocycles. The number of halogens is 1. The second-order valence-corrected chi connectivity index (χ2v) is 6.41. The molecule has 0 N–H and O–H groups in total. The van der Waals surface area contributed by atoms with E-state index >= 15 is 0 Å². The number of carbonyl (C=O) groups is 1. The first-order chi connectivity index (χ1) is 7.63. The Bertz CT molecular complexity index is 340. The van der Waals surface area contributed by atoms with Crippen molar-refractivity contribution in [3.8, 4) is 0 Å². The molecule has 2 nitrogen and oxygen atoms in total. The summed E-state index contributed by atoms with van der Waals surface area (Å²) < 4.78 is 0.774. The van der Waals surface area contributed by atoms with Crippen LogP contribution < -0.4 is 0 Å². The maximum Gasteiger partial charge on any atom is 0.232 e. The molecule has 0 fully saturated rings. The van der Waals surface area contributed by atoms with Gasteiger partial charge in [-0.3, -0.25) is 4.79 Å². The summed E-state index contributed by atoms with van der Waals surface area (Å²) in [6.07, 6.45) is 1.11. The lowest BCUT2D eigenvalue weighted by Gasteiger charge is -2.15. The van der Waals surface area contributed by atoms with E-state index in [2.05, 4.69) is 6.92 Å². The smallest absolute Gasteiger partial charge is 0.232 e. The Morgan fingerprint density at radius 2 is 2.31 bits per heavy atom. The van der Waals surface area contributed by atoms with Crippen LogP contribution in [-0.2, 0) is 11.3 Å². The van der Waals surface area contributed by atoms with Gasteiger partial charge in [0.1, 0.15) is 0 Å². The number of rotatable bonds is 6. The minimum Gasteiger partial charge on any atom is -0.340 e. The summed E-state index contributed by atoms with van der Waals surface area (Å²) in [6.45, 7) is 2.78. The maximum atomic E-state index is 11.7. The van der Waals surface area contributed by atoms with Crippen molar-refractivity contribution in [2.45, 2.75) is 19.9 Å². The van der Waals surface area contributed by atoms with Crippen molar-refractivity contribution in [1.29, 1.82) is 0 Å². The van der Waals surface area contributed by atoms with Crippen LogP contribution in [-0.4, -0.2) is 29.4 Å². The highest BCUT2D eigenvalue weighted by atomic mass is 35.5. The summed E-state index contributed by atoms with van der Waals surface area (Å²) in [7, 11) is 1.84. The molecule has 0 radical (unpaired) electrons. The Hall–Kier alpha value is -0.190. The van der Waals surface area contributed by atoms with Gasteiger partial charge in [-0.1, -0.05) is 18.5 Å². The van der Waals surface area contributed by atoms with E-state index < -0.39 is 0 Å². The summed E-state index contributed by atoms with van der Waals surface area (Å²) >= 11 is 9.05. The first-order valence-corrected chi connectivity index (χ1v) is 7.54. The lowest BCUT2D eigenvalue weighted by atomic mass is 10.4. The molecular formula is C11H16ClNOS2. The summed E-state index contributed by atoms with van der Waals surface area (Å²) in [5.74, 6) is 1.80. The average Bonchev–Trinajstić information content (AvgIpc) is 2.64. The van der Waals surface area contributed by atoms with Crippen LogP contribution >= 0.6 is 34.7 Å². The quantitative estimate of drug-likeness (QED) is 0.742. The standard InChI is InChI=1S/C11H16ClNOS2/c1-3-6-15-8-11(14)13(2)7-9-4-5-10(12)16-9/h4-5H,3,6-8H2,1-2H3. The molecule has 0 spiro atoms. The molecule has 1 aromatic heterocycles. The van der Waals surface area contributed by atoms with Crippen molar-refractivity contribution < 1.29 is 4.79 Å². The van der Waals surface area contributed by atoms with Crippen molar-refractivity contribution in [3.05, 3.63) is 21.3 Å². The van der Waals surface area contributed by atoms with Gasteiger partial charge in [-0.2, -0.15) is 11.8 Å². The van der Waals surface area contributed by atoms with Crippen LogP contribution in [0.5, 0.6) is 0 Å². The average molecular weight is 278 g/mol. The number of carbonyl (C=O) groups excluding carboxylic acids is 1. The third-order valence-corrected chi connectivity index (χ3v) is 4.39. The SMILES string of the molecule is CCCSCC(=O)N(C)Cc1ccc(Cl)s1. The largest absolute Gasteiger partial charge is 0.340 e. The molecule has 1 amide bonds. The maximum absolute atomic E-state index is 11.7. The van der Waals surface area contributed by atoms with Gasteiger partial charge < -0.3 is 4.90 Å². The number of thiophene rings is 1. The van der Waals surface area contributed by atoms with Gasteiger partial charge in [0, 0.05) is 11.9 Å². The Morgan fingerprint density at radius 1 is 1.56 bits per heavy atom. The van der Waals surface area contributed by atoms with E-state index in [9.17, 15) is 4.79 Å². The zero-order valence-electron chi connectivity index (χ0n) is 9.53. The van der Waals surface area contributed by atoms with Crippen molar-refractivity contribution >= 4 is 40.6 Å².